The summed E-state index contributed by atoms with van der Waals surface area (Å²) in [6.07, 6.45) is 51.4. The van der Waals surface area contributed by atoms with Crippen LogP contribution in [-0.2, 0) is 65.4 Å². The maximum Gasteiger partial charge on any atom is 0.472 e. The van der Waals surface area contributed by atoms with Gasteiger partial charge < -0.3 is 33.8 Å². The van der Waals surface area contributed by atoms with Crippen LogP contribution < -0.4 is 0 Å². The molecule has 19 heteroatoms. The fourth-order valence-electron chi connectivity index (χ4n) is 11.7. The molecular weight excluding hydrogens is 1260 g/mol. The van der Waals surface area contributed by atoms with Gasteiger partial charge in [0.25, 0.3) is 0 Å². The topological polar surface area (TPSA) is 237 Å². The number of carbonyl (C=O) groups is 4. The molecule has 0 amide bonds. The third-order valence-corrected chi connectivity index (χ3v) is 20.1. The Balaban J connectivity index is 5.24. The third kappa shape index (κ3) is 69.2. The molecule has 0 aromatic carbocycles. The predicted molar refractivity (Wildman–Crippen MR) is 391 cm³/mol. The molecule has 0 fully saturated rings. The molecule has 0 radical (unpaired) electrons. The number of phosphoric acid groups is 2. The number of phosphoric ester groups is 2. The van der Waals surface area contributed by atoms with E-state index in [-0.39, 0.29) is 25.7 Å². The van der Waals surface area contributed by atoms with Crippen LogP contribution in [-0.4, -0.2) is 96.7 Å². The molecule has 6 atom stereocenters. The summed E-state index contributed by atoms with van der Waals surface area (Å²) in [5.74, 6) is 0.944. The van der Waals surface area contributed by atoms with Crippen LogP contribution in [0.5, 0.6) is 0 Å². The van der Waals surface area contributed by atoms with E-state index in [1.165, 1.54) is 186 Å². The van der Waals surface area contributed by atoms with Gasteiger partial charge in [-0.05, 0) is 49.4 Å². The van der Waals surface area contributed by atoms with Crippen molar-refractivity contribution in [3.8, 4) is 0 Å². The first-order chi connectivity index (χ1) is 46.1. The molecule has 0 rings (SSSR count). The van der Waals surface area contributed by atoms with E-state index >= 15 is 0 Å². The Morgan fingerprint density at radius 3 is 0.740 bits per heavy atom. The fraction of sp³-hybridized carbons (Fsp3) is 0.948. The number of unbranched alkanes of at least 4 members (excludes halogenated alkanes) is 39. The van der Waals surface area contributed by atoms with Crippen molar-refractivity contribution in [3.05, 3.63) is 0 Å². The minimum atomic E-state index is -4.96. The molecule has 0 saturated heterocycles. The van der Waals surface area contributed by atoms with E-state index in [0.29, 0.717) is 25.7 Å². The highest BCUT2D eigenvalue weighted by Crippen LogP contribution is 2.45. The van der Waals surface area contributed by atoms with E-state index < -0.39 is 97.5 Å². The first kappa shape index (κ1) is 94.1. The molecule has 0 aromatic heterocycles. The molecule has 0 aliphatic heterocycles. The van der Waals surface area contributed by atoms with Gasteiger partial charge in [-0.3, -0.25) is 37.3 Å². The lowest BCUT2D eigenvalue weighted by molar-refractivity contribution is -0.161. The smallest absolute Gasteiger partial charge is 0.462 e. The van der Waals surface area contributed by atoms with E-state index in [9.17, 15) is 43.2 Å². The molecule has 3 N–H and O–H groups in total. The summed E-state index contributed by atoms with van der Waals surface area (Å²) >= 11 is 0. The second kappa shape index (κ2) is 66.3. The van der Waals surface area contributed by atoms with Crippen LogP contribution in [0.4, 0.5) is 0 Å². The van der Waals surface area contributed by atoms with Crippen molar-refractivity contribution in [1.29, 1.82) is 0 Å². The van der Waals surface area contributed by atoms with Crippen LogP contribution >= 0.6 is 15.6 Å². The van der Waals surface area contributed by atoms with Crippen LogP contribution in [0.3, 0.4) is 0 Å². The Kier molecular flexibility index (Phi) is 65.0. The highest BCUT2D eigenvalue weighted by atomic mass is 31.2. The zero-order valence-corrected chi connectivity index (χ0v) is 64.8. The van der Waals surface area contributed by atoms with Crippen LogP contribution in [0, 0.1) is 23.7 Å². The normalized spacial score (nSPS) is 14.4. The van der Waals surface area contributed by atoms with Gasteiger partial charge in [-0.25, -0.2) is 9.13 Å². The van der Waals surface area contributed by atoms with Crippen molar-refractivity contribution >= 4 is 39.5 Å². The van der Waals surface area contributed by atoms with Crippen LogP contribution in [0.1, 0.15) is 389 Å². The number of carbonyl (C=O) groups excluding carboxylic acids is 4. The molecule has 0 aliphatic carbocycles. The third-order valence-electron chi connectivity index (χ3n) is 18.2. The van der Waals surface area contributed by atoms with Gasteiger partial charge in [0.05, 0.1) is 26.4 Å². The predicted octanol–water partition coefficient (Wildman–Crippen LogP) is 22.4. The number of rotatable bonds is 74. The Bertz CT molecular complexity index is 1890. The zero-order chi connectivity index (χ0) is 71.0. The van der Waals surface area contributed by atoms with Gasteiger partial charge >= 0.3 is 39.5 Å². The summed E-state index contributed by atoms with van der Waals surface area (Å²) < 4.78 is 68.6. The molecule has 0 aliphatic rings. The van der Waals surface area contributed by atoms with Gasteiger partial charge in [-0.2, -0.15) is 0 Å². The summed E-state index contributed by atoms with van der Waals surface area (Å²) in [6.45, 7) is 14.2. The molecule has 570 valence electrons. The Hall–Kier alpha value is -1.94. The first-order valence-corrected chi connectivity index (χ1v) is 42.7. The van der Waals surface area contributed by atoms with Crippen molar-refractivity contribution < 1.29 is 80.2 Å². The van der Waals surface area contributed by atoms with Gasteiger partial charge in [0.1, 0.15) is 19.3 Å². The maximum atomic E-state index is 13.1. The Morgan fingerprint density at radius 2 is 0.500 bits per heavy atom. The molecule has 96 heavy (non-hydrogen) atoms. The van der Waals surface area contributed by atoms with Gasteiger partial charge in [0.2, 0.25) is 0 Å². The number of esters is 4. The largest absolute Gasteiger partial charge is 0.472 e. The average Bonchev–Trinajstić information content (AvgIpc) is 1.38. The highest BCUT2D eigenvalue weighted by molar-refractivity contribution is 7.47. The summed E-state index contributed by atoms with van der Waals surface area (Å²) in [6, 6.07) is 0. The summed E-state index contributed by atoms with van der Waals surface area (Å²) in [4.78, 5) is 72.9. The molecule has 0 heterocycles. The zero-order valence-electron chi connectivity index (χ0n) is 63.0. The molecule has 0 aromatic rings. The lowest BCUT2D eigenvalue weighted by Gasteiger charge is -2.21. The lowest BCUT2D eigenvalue weighted by Crippen LogP contribution is -2.30. The quantitative estimate of drug-likeness (QED) is 0.0222. The van der Waals surface area contributed by atoms with Crippen LogP contribution in [0.25, 0.3) is 0 Å². The van der Waals surface area contributed by atoms with E-state index in [1.54, 1.807) is 0 Å². The van der Waals surface area contributed by atoms with E-state index in [0.717, 1.165) is 120 Å². The lowest BCUT2D eigenvalue weighted by atomic mass is 10.00. The Morgan fingerprint density at radius 1 is 0.292 bits per heavy atom. The van der Waals surface area contributed by atoms with Gasteiger partial charge in [0.15, 0.2) is 12.2 Å². The highest BCUT2D eigenvalue weighted by Gasteiger charge is 2.30. The second-order valence-electron chi connectivity index (χ2n) is 29.4. The van der Waals surface area contributed by atoms with Crippen molar-refractivity contribution in [1.82, 2.24) is 0 Å². The number of ether oxygens (including phenoxy) is 4. The van der Waals surface area contributed by atoms with Crippen molar-refractivity contribution in [2.24, 2.45) is 23.7 Å². The fourth-order valence-corrected chi connectivity index (χ4v) is 13.3. The summed E-state index contributed by atoms with van der Waals surface area (Å²) in [5.41, 5.74) is 0. The maximum absolute atomic E-state index is 13.1. The minimum Gasteiger partial charge on any atom is -0.462 e. The first-order valence-electron chi connectivity index (χ1n) is 39.7. The van der Waals surface area contributed by atoms with Crippen molar-refractivity contribution in [3.63, 3.8) is 0 Å². The SMILES string of the molecule is CCC(C)CCCCCCCCC(=O)OC[C@H](COP(=O)(O)OC[C@H](O)COP(=O)(O)OC[C@@H](COC(=O)CCCCCCCCCCCC(C)C)OC(=O)CCCCCCCCCCCCCCCC(C)C)OC(=O)CCCCCCCCCCCCCCCCCC(C)C. The molecule has 17 nitrogen and oxygen atoms in total. The van der Waals surface area contributed by atoms with Crippen molar-refractivity contribution in [2.45, 2.75) is 408 Å². The second-order valence-corrected chi connectivity index (χ2v) is 32.3. The Labute approximate surface area is 588 Å². The standard InChI is InChI=1S/C77H150O17P2/c1-9-70(8)56-48-40-35-36-42-50-58-75(80)88-64-73(94-77(82)59-51-43-33-26-20-16-12-10-11-14-18-23-29-37-45-53-67(2)3)66-92-96(85,86)90-62-71(78)61-89-95(83,84)91-65-72(63-87-74(79)57-49-41-32-28-22-25-31-39-47-55-69(6)7)93-76(81)60-52-44-34-27-21-17-13-15-19-24-30-38-46-54-68(4)5/h67-73,78H,9-66H2,1-8H3,(H,83,84)(H,85,86)/t70?,71-,72-,73-/m1/s1. The van der Waals surface area contributed by atoms with E-state index in [4.69, 9.17) is 37.0 Å². The number of hydrogen-bond donors (Lipinski definition) is 3. The van der Waals surface area contributed by atoms with Gasteiger partial charge in [-0.15, -0.1) is 0 Å². The van der Waals surface area contributed by atoms with Crippen molar-refractivity contribution in [2.75, 3.05) is 39.6 Å². The molecule has 0 saturated carbocycles. The van der Waals surface area contributed by atoms with Gasteiger partial charge in [0, 0.05) is 25.7 Å². The van der Waals surface area contributed by atoms with E-state index in [2.05, 4.69) is 55.4 Å². The molecule has 3 unspecified atom stereocenters. The molecular formula is C77H150O17P2. The molecule has 0 spiro atoms. The number of aliphatic hydroxyl groups excluding tert-OH is 1. The van der Waals surface area contributed by atoms with E-state index in [1.807, 2.05) is 0 Å². The average molecular weight is 1410 g/mol. The molecule has 0 bridgehead atoms. The van der Waals surface area contributed by atoms with Crippen LogP contribution in [0.15, 0.2) is 0 Å². The summed E-state index contributed by atoms with van der Waals surface area (Å²) in [5, 5.41) is 10.6. The summed E-state index contributed by atoms with van der Waals surface area (Å²) in [7, 11) is -9.92. The van der Waals surface area contributed by atoms with Gasteiger partial charge in [-0.1, -0.05) is 338 Å². The van der Waals surface area contributed by atoms with Crippen LogP contribution in [0.2, 0.25) is 0 Å². The monoisotopic (exact) mass is 1410 g/mol. The number of aliphatic hydroxyl groups is 1. The minimum absolute atomic E-state index is 0.106. The number of hydrogen-bond acceptors (Lipinski definition) is 15.